The number of carbonyl (C=O) groups is 1. The summed E-state index contributed by atoms with van der Waals surface area (Å²) in [5, 5.41) is 2.97. The standard InChI is InChI=1S/C18H26N2O/c1-2-3-4-5-6-9-15-20-18(21)17-13-8-7-11-16(17)12-10-14-19/h7-8,11,13H,2-6,9,14-15,19H2,1H3,(H,20,21). The number of hydrogen-bond acceptors (Lipinski definition) is 2. The summed E-state index contributed by atoms with van der Waals surface area (Å²) in [7, 11) is 0. The van der Waals surface area contributed by atoms with E-state index in [1.807, 2.05) is 18.2 Å². The van der Waals surface area contributed by atoms with Gasteiger partial charge < -0.3 is 11.1 Å². The van der Waals surface area contributed by atoms with Gasteiger partial charge in [-0.05, 0) is 18.6 Å². The predicted molar refractivity (Wildman–Crippen MR) is 88.1 cm³/mol. The third-order valence-corrected chi connectivity index (χ3v) is 3.31. The Balaban J connectivity index is 2.38. The molecule has 0 fully saturated rings. The monoisotopic (exact) mass is 286 g/mol. The fourth-order valence-electron chi connectivity index (χ4n) is 2.14. The number of amides is 1. The zero-order valence-corrected chi connectivity index (χ0v) is 13.0. The number of benzene rings is 1. The summed E-state index contributed by atoms with van der Waals surface area (Å²) in [6.45, 7) is 3.24. The van der Waals surface area contributed by atoms with Gasteiger partial charge in [0.25, 0.3) is 5.91 Å². The topological polar surface area (TPSA) is 55.1 Å². The van der Waals surface area contributed by atoms with Crippen LogP contribution in [0.1, 0.15) is 61.4 Å². The lowest BCUT2D eigenvalue weighted by Crippen LogP contribution is -2.25. The highest BCUT2D eigenvalue weighted by atomic mass is 16.1. The summed E-state index contributed by atoms with van der Waals surface area (Å²) >= 11 is 0. The Labute approximate surface area is 128 Å². The third kappa shape index (κ3) is 6.97. The van der Waals surface area contributed by atoms with Gasteiger partial charge in [-0.2, -0.15) is 0 Å². The first kappa shape index (κ1) is 17.3. The van der Waals surface area contributed by atoms with Gasteiger partial charge in [-0.3, -0.25) is 4.79 Å². The van der Waals surface area contributed by atoms with Gasteiger partial charge >= 0.3 is 0 Å². The summed E-state index contributed by atoms with van der Waals surface area (Å²) in [5.41, 5.74) is 6.74. The highest BCUT2D eigenvalue weighted by molar-refractivity contribution is 5.96. The van der Waals surface area contributed by atoms with Crippen molar-refractivity contribution >= 4 is 5.91 Å². The molecule has 0 aliphatic carbocycles. The summed E-state index contributed by atoms with van der Waals surface area (Å²) in [6, 6.07) is 7.39. The van der Waals surface area contributed by atoms with Crippen molar-refractivity contribution in [3.8, 4) is 11.8 Å². The first-order valence-electron chi connectivity index (χ1n) is 7.85. The van der Waals surface area contributed by atoms with Crippen molar-refractivity contribution < 1.29 is 4.79 Å². The lowest BCUT2D eigenvalue weighted by atomic mass is 10.1. The van der Waals surface area contributed by atoms with Crippen molar-refractivity contribution in [2.45, 2.75) is 45.4 Å². The first-order valence-corrected chi connectivity index (χ1v) is 7.85. The molecule has 0 aliphatic rings. The number of hydrogen-bond donors (Lipinski definition) is 2. The maximum absolute atomic E-state index is 12.2. The van der Waals surface area contributed by atoms with Crippen LogP contribution in [0.3, 0.4) is 0 Å². The van der Waals surface area contributed by atoms with Crippen molar-refractivity contribution in [2.24, 2.45) is 5.73 Å². The van der Waals surface area contributed by atoms with Crippen molar-refractivity contribution in [1.29, 1.82) is 0 Å². The minimum atomic E-state index is -0.0505. The minimum Gasteiger partial charge on any atom is -0.352 e. The Kier molecular flexibility index (Phi) is 8.99. The summed E-state index contributed by atoms with van der Waals surface area (Å²) in [5.74, 6) is 5.69. The van der Waals surface area contributed by atoms with Crippen molar-refractivity contribution in [3.63, 3.8) is 0 Å². The van der Waals surface area contributed by atoms with Gasteiger partial charge in [0.1, 0.15) is 0 Å². The zero-order chi connectivity index (χ0) is 15.3. The summed E-state index contributed by atoms with van der Waals surface area (Å²) < 4.78 is 0. The smallest absolute Gasteiger partial charge is 0.252 e. The van der Waals surface area contributed by atoms with Crippen LogP contribution in [0.4, 0.5) is 0 Å². The Morgan fingerprint density at radius 2 is 1.86 bits per heavy atom. The van der Waals surface area contributed by atoms with Crippen LogP contribution in [0.2, 0.25) is 0 Å². The van der Waals surface area contributed by atoms with Gasteiger partial charge in [0.05, 0.1) is 12.1 Å². The van der Waals surface area contributed by atoms with Crippen LogP contribution in [-0.4, -0.2) is 19.0 Å². The average Bonchev–Trinajstić information content (AvgIpc) is 2.52. The van der Waals surface area contributed by atoms with E-state index in [4.69, 9.17) is 5.73 Å². The molecule has 114 valence electrons. The highest BCUT2D eigenvalue weighted by Gasteiger charge is 2.08. The molecular formula is C18H26N2O. The van der Waals surface area contributed by atoms with Crippen LogP contribution in [0, 0.1) is 11.8 Å². The third-order valence-electron chi connectivity index (χ3n) is 3.31. The maximum Gasteiger partial charge on any atom is 0.252 e. The molecule has 0 atom stereocenters. The van der Waals surface area contributed by atoms with Crippen LogP contribution >= 0.6 is 0 Å². The second kappa shape index (κ2) is 10.9. The lowest BCUT2D eigenvalue weighted by molar-refractivity contribution is 0.0952. The number of unbranched alkanes of at least 4 members (excludes halogenated alkanes) is 5. The second-order valence-corrected chi connectivity index (χ2v) is 5.08. The Morgan fingerprint density at radius 3 is 2.62 bits per heavy atom. The molecule has 3 heteroatoms. The first-order chi connectivity index (χ1) is 10.3. The van der Waals surface area contributed by atoms with Gasteiger partial charge in [0, 0.05) is 12.1 Å². The number of nitrogens with two attached hydrogens (primary N) is 1. The quantitative estimate of drug-likeness (QED) is 0.570. The normalized spacial score (nSPS) is 9.81. The number of nitrogens with one attached hydrogen (secondary N) is 1. The van der Waals surface area contributed by atoms with Crippen LogP contribution < -0.4 is 11.1 Å². The Bertz CT molecular complexity index is 485. The van der Waals surface area contributed by atoms with Crippen LogP contribution in [0.25, 0.3) is 0 Å². The van der Waals surface area contributed by atoms with Crippen molar-refractivity contribution in [2.75, 3.05) is 13.1 Å². The molecule has 0 aliphatic heterocycles. The van der Waals surface area contributed by atoms with E-state index < -0.39 is 0 Å². The molecule has 0 unspecified atom stereocenters. The van der Waals surface area contributed by atoms with Crippen LogP contribution in [0.5, 0.6) is 0 Å². The van der Waals surface area contributed by atoms with E-state index in [0.29, 0.717) is 12.1 Å². The van der Waals surface area contributed by atoms with E-state index in [1.54, 1.807) is 6.07 Å². The molecule has 0 aromatic heterocycles. The molecule has 0 spiro atoms. The molecule has 0 saturated heterocycles. The Hall–Kier alpha value is -1.79. The van der Waals surface area contributed by atoms with E-state index >= 15 is 0 Å². The van der Waals surface area contributed by atoms with E-state index in [-0.39, 0.29) is 5.91 Å². The molecule has 1 aromatic rings. The van der Waals surface area contributed by atoms with Gasteiger partial charge in [0.15, 0.2) is 0 Å². The maximum atomic E-state index is 12.2. The molecular weight excluding hydrogens is 260 g/mol. The molecule has 3 N–H and O–H groups in total. The molecule has 0 heterocycles. The van der Waals surface area contributed by atoms with Crippen molar-refractivity contribution in [3.05, 3.63) is 35.4 Å². The fourth-order valence-corrected chi connectivity index (χ4v) is 2.14. The van der Waals surface area contributed by atoms with Crippen molar-refractivity contribution in [1.82, 2.24) is 5.32 Å². The highest BCUT2D eigenvalue weighted by Crippen LogP contribution is 2.08. The number of carbonyl (C=O) groups excluding carboxylic acids is 1. The molecule has 21 heavy (non-hydrogen) atoms. The largest absolute Gasteiger partial charge is 0.352 e. The molecule has 0 saturated carbocycles. The summed E-state index contributed by atoms with van der Waals surface area (Å²) in [6.07, 6.45) is 7.32. The molecule has 1 rings (SSSR count). The minimum absolute atomic E-state index is 0.0505. The van der Waals surface area contributed by atoms with E-state index in [2.05, 4.69) is 24.1 Å². The summed E-state index contributed by atoms with van der Waals surface area (Å²) in [4.78, 5) is 12.2. The van der Waals surface area contributed by atoms with E-state index in [1.165, 1.54) is 32.1 Å². The molecule has 0 radical (unpaired) electrons. The Morgan fingerprint density at radius 1 is 1.14 bits per heavy atom. The van der Waals surface area contributed by atoms with Crippen LogP contribution in [-0.2, 0) is 0 Å². The van der Waals surface area contributed by atoms with Gasteiger partial charge in [-0.15, -0.1) is 0 Å². The fraction of sp³-hybridized carbons (Fsp3) is 0.500. The van der Waals surface area contributed by atoms with E-state index in [9.17, 15) is 4.79 Å². The molecule has 3 nitrogen and oxygen atoms in total. The van der Waals surface area contributed by atoms with Crippen LogP contribution in [0.15, 0.2) is 24.3 Å². The predicted octanol–water partition coefficient (Wildman–Crippen LogP) is 3.09. The lowest BCUT2D eigenvalue weighted by Gasteiger charge is -2.07. The average molecular weight is 286 g/mol. The van der Waals surface area contributed by atoms with Gasteiger partial charge in [0.2, 0.25) is 0 Å². The van der Waals surface area contributed by atoms with Gasteiger partial charge in [-0.25, -0.2) is 0 Å². The van der Waals surface area contributed by atoms with Gasteiger partial charge in [-0.1, -0.05) is 63.0 Å². The number of rotatable bonds is 8. The zero-order valence-electron chi connectivity index (χ0n) is 13.0. The second-order valence-electron chi connectivity index (χ2n) is 5.08. The molecule has 1 aromatic carbocycles. The molecule has 0 bridgehead atoms. The van der Waals surface area contributed by atoms with E-state index in [0.717, 1.165) is 18.5 Å². The SMILES string of the molecule is CCCCCCCCNC(=O)c1ccccc1C#CCN. The molecule has 1 amide bonds.